The quantitative estimate of drug-likeness (QED) is 0.837. The Balaban J connectivity index is 0.00000400. The summed E-state index contributed by atoms with van der Waals surface area (Å²) in [4.78, 5) is 12.1. The van der Waals surface area contributed by atoms with Crippen LogP contribution in [0.4, 0.5) is 0 Å². The Hall–Kier alpha value is -1.17. The second kappa shape index (κ2) is 8.32. The highest BCUT2D eigenvalue weighted by Gasteiger charge is 2.17. The predicted molar refractivity (Wildman–Crippen MR) is 87.0 cm³/mol. The SMILES string of the molecule is CCOc1c(Cl)cc(C(=O)NCC(C)(C)N)cc1OC.Cl. The third-order valence-electron chi connectivity index (χ3n) is 2.48. The van der Waals surface area contributed by atoms with Gasteiger partial charge < -0.3 is 20.5 Å². The lowest BCUT2D eigenvalue weighted by Crippen LogP contribution is -2.45. The average Bonchev–Trinajstić information content (AvgIpc) is 2.37. The molecule has 0 unspecified atom stereocenters. The topological polar surface area (TPSA) is 73.6 Å². The molecule has 7 heteroatoms. The molecule has 0 saturated carbocycles. The second-order valence-electron chi connectivity index (χ2n) is 5.09. The van der Waals surface area contributed by atoms with Crippen LogP contribution in [-0.2, 0) is 0 Å². The molecule has 0 saturated heterocycles. The number of carbonyl (C=O) groups excluding carboxylic acids is 1. The van der Waals surface area contributed by atoms with Crippen LogP contribution in [-0.4, -0.2) is 31.7 Å². The largest absolute Gasteiger partial charge is 0.493 e. The number of halogens is 2. The van der Waals surface area contributed by atoms with Crippen molar-refractivity contribution in [2.24, 2.45) is 5.73 Å². The molecule has 0 fully saturated rings. The average molecular weight is 337 g/mol. The molecule has 1 aromatic rings. The van der Waals surface area contributed by atoms with Crippen molar-refractivity contribution in [2.75, 3.05) is 20.3 Å². The number of benzene rings is 1. The van der Waals surface area contributed by atoms with E-state index in [0.29, 0.717) is 35.2 Å². The fourth-order valence-corrected chi connectivity index (χ4v) is 1.81. The molecule has 0 heterocycles. The number of rotatable bonds is 6. The smallest absolute Gasteiger partial charge is 0.251 e. The van der Waals surface area contributed by atoms with Crippen LogP contribution >= 0.6 is 24.0 Å². The lowest BCUT2D eigenvalue weighted by atomic mass is 10.1. The minimum absolute atomic E-state index is 0. The fourth-order valence-electron chi connectivity index (χ4n) is 1.55. The van der Waals surface area contributed by atoms with E-state index in [4.69, 9.17) is 26.8 Å². The van der Waals surface area contributed by atoms with Crippen molar-refractivity contribution in [2.45, 2.75) is 26.3 Å². The summed E-state index contributed by atoms with van der Waals surface area (Å²) in [7, 11) is 1.50. The molecule has 120 valence electrons. The summed E-state index contributed by atoms with van der Waals surface area (Å²) in [5.41, 5.74) is 5.75. The van der Waals surface area contributed by atoms with E-state index in [9.17, 15) is 4.79 Å². The van der Waals surface area contributed by atoms with E-state index in [0.717, 1.165) is 0 Å². The zero-order chi connectivity index (χ0) is 15.3. The summed E-state index contributed by atoms with van der Waals surface area (Å²) in [6, 6.07) is 3.14. The van der Waals surface area contributed by atoms with Crippen LogP contribution in [0.2, 0.25) is 5.02 Å². The van der Waals surface area contributed by atoms with Gasteiger partial charge in [-0.3, -0.25) is 4.79 Å². The Kier molecular flexibility index (Phi) is 7.85. The maximum atomic E-state index is 12.1. The molecule has 0 aliphatic heterocycles. The van der Waals surface area contributed by atoms with Gasteiger partial charge in [0.1, 0.15) is 0 Å². The molecule has 5 nitrogen and oxygen atoms in total. The van der Waals surface area contributed by atoms with Gasteiger partial charge in [0.15, 0.2) is 11.5 Å². The number of carbonyl (C=O) groups is 1. The molecule has 0 spiro atoms. The van der Waals surface area contributed by atoms with Gasteiger partial charge in [0.2, 0.25) is 0 Å². The summed E-state index contributed by atoms with van der Waals surface area (Å²) in [6.07, 6.45) is 0. The molecule has 3 N–H and O–H groups in total. The van der Waals surface area contributed by atoms with E-state index in [1.165, 1.54) is 7.11 Å². The Bertz CT molecular complexity index is 488. The van der Waals surface area contributed by atoms with Crippen molar-refractivity contribution >= 4 is 29.9 Å². The van der Waals surface area contributed by atoms with Crippen LogP contribution in [0.1, 0.15) is 31.1 Å². The van der Waals surface area contributed by atoms with Crippen molar-refractivity contribution in [3.63, 3.8) is 0 Å². The number of nitrogens with two attached hydrogens (primary N) is 1. The Morgan fingerprint density at radius 1 is 1.43 bits per heavy atom. The Labute approximate surface area is 136 Å². The van der Waals surface area contributed by atoms with Crippen molar-refractivity contribution in [1.29, 1.82) is 0 Å². The zero-order valence-corrected chi connectivity index (χ0v) is 14.2. The van der Waals surface area contributed by atoms with E-state index in [-0.39, 0.29) is 18.3 Å². The minimum atomic E-state index is -0.477. The van der Waals surface area contributed by atoms with E-state index < -0.39 is 5.54 Å². The van der Waals surface area contributed by atoms with Gasteiger partial charge in [-0.1, -0.05) is 11.6 Å². The van der Waals surface area contributed by atoms with Crippen molar-refractivity contribution in [3.8, 4) is 11.5 Å². The number of methoxy groups -OCH3 is 1. The summed E-state index contributed by atoms with van der Waals surface area (Å²) in [6.45, 7) is 6.33. The highest BCUT2D eigenvalue weighted by molar-refractivity contribution is 6.32. The fraction of sp³-hybridized carbons (Fsp3) is 0.500. The Morgan fingerprint density at radius 2 is 2.05 bits per heavy atom. The first-order chi connectivity index (χ1) is 9.28. The van der Waals surface area contributed by atoms with Gasteiger partial charge in [0.25, 0.3) is 5.91 Å². The number of ether oxygens (including phenoxy) is 2. The number of amides is 1. The van der Waals surface area contributed by atoms with Crippen LogP contribution in [0.3, 0.4) is 0 Å². The zero-order valence-electron chi connectivity index (χ0n) is 12.7. The minimum Gasteiger partial charge on any atom is -0.493 e. The standard InChI is InChI=1S/C14H21ClN2O3.ClH/c1-5-20-12-10(15)6-9(7-11(12)19-4)13(18)17-8-14(2,3)16;/h6-7H,5,8,16H2,1-4H3,(H,17,18);1H. The van der Waals surface area contributed by atoms with Crippen LogP contribution in [0.5, 0.6) is 11.5 Å². The summed E-state index contributed by atoms with van der Waals surface area (Å²) in [5.74, 6) is 0.607. The first-order valence-corrected chi connectivity index (χ1v) is 6.73. The number of hydrogen-bond acceptors (Lipinski definition) is 4. The molecule has 1 amide bonds. The Morgan fingerprint density at radius 3 is 2.52 bits per heavy atom. The van der Waals surface area contributed by atoms with Gasteiger partial charge in [-0.2, -0.15) is 0 Å². The van der Waals surface area contributed by atoms with Gasteiger partial charge in [-0.25, -0.2) is 0 Å². The van der Waals surface area contributed by atoms with E-state index >= 15 is 0 Å². The van der Waals surface area contributed by atoms with Gasteiger partial charge in [0, 0.05) is 17.6 Å². The molecular weight excluding hydrogens is 315 g/mol. The molecule has 0 radical (unpaired) electrons. The summed E-state index contributed by atoms with van der Waals surface area (Å²) >= 11 is 6.12. The molecule has 1 rings (SSSR count). The van der Waals surface area contributed by atoms with Crippen molar-refractivity contribution in [1.82, 2.24) is 5.32 Å². The van der Waals surface area contributed by atoms with Gasteiger partial charge >= 0.3 is 0 Å². The third kappa shape index (κ3) is 5.99. The van der Waals surface area contributed by atoms with Gasteiger partial charge in [0.05, 0.1) is 18.7 Å². The first-order valence-electron chi connectivity index (χ1n) is 6.36. The molecule has 0 atom stereocenters. The van der Waals surface area contributed by atoms with Gasteiger partial charge in [-0.15, -0.1) is 12.4 Å². The molecule has 21 heavy (non-hydrogen) atoms. The second-order valence-corrected chi connectivity index (χ2v) is 5.50. The first kappa shape index (κ1) is 19.8. The third-order valence-corrected chi connectivity index (χ3v) is 2.77. The highest BCUT2D eigenvalue weighted by Crippen LogP contribution is 2.36. The molecular formula is C14H22Cl2N2O3. The lowest BCUT2D eigenvalue weighted by molar-refractivity contribution is 0.0945. The normalized spacial score (nSPS) is 10.6. The van der Waals surface area contributed by atoms with Crippen molar-refractivity contribution < 1.29 is 14.3 Å². The van der Waals surface area contributed by atoms with Crippen LogP contribution < -0.4 is 20.5 Å². The molecule has 0 aliphatic carbocycles. The van der Waals surface area contributed by atoms with Crippen LogP contribution in [0, 0.1) is 0 Å². The van der Waals surface area contributed by atoms with Crippen LogP contribution in [0.15, 0.2) is 12.1 Å². The molecule has 1 aromatic carbocycles. The van der Waals surface area contributed by atoms with E-state index in [1.54, 1.807) is 12.1 Å². The summed E-state index contributed by atoms with van der Waals surface area (Å²) in [5, 5.41) is 3.09. The van der Waals surface area contributed by atoms with E-state index in [2.05, 4.69) is 5.32 Å². The molecule has 0 aliphatic rings. The summed E-state index contributed by atoms with van der Waals surface area (Å²) < 4.78 is 10.6. The van der Waals surface area contributed by atoms with Crippen LogP contribution in [0.25, 0.3) is 0 Å². The highest BCUT2D eigenvalue weighted by atomic mass is 35.5. The van der Waals surface area contributed by atoms with Gasteiger partial charge in [-0.05, 0) is 32.9 Å². The maximum Gasteiger partial charge on any atom is 0.251 e. The predicted octanol–water partition coefficient (Wildman–Crippen LogP) is 2.64. The van der Waals surface area contributed by atoms with E-state index in [1.807, 2.05) is 20.8 Å². The number of hydrogen-bond donors (Lipinski definition) is 2. The monoisotopic (exact) mass is 336 g/mol. The maximum absolute atomic E-state index is 12.1. The lowest BCUT2D eigenvalue weighted by Gasteiger charge is -2.19. The number of nitrogens with one attached hydrogen (secondary N) is 1. The molecule has 0 bridgehead atoms. The van der Waals surface area contributed by atoms with Crippen molar-refractivity contribution in [3.05, 3.63) is 22.7 Å². The molecule has 0 aromatic heterocycles.